The molecule has 0 aliphatic heterocycles. The van der Waals surface area contributed by atoms with Crippen LogP contribution in [-0.4, -0.2) is 11.1 Å². The molecule has 19 heavy (non-hydrogen) atoms. The number of hydrogen-bond acceptors (Lipinski definition) is 1. The van der Waals surface area contributed by atoms with Gasteiger partial charge in [-0.3, -0.25) is 4.79 Å². The first-order valence-electron chi connectivity index (χ1n) is 6.57. The van der Waals surface area contributed by atoms with Crippen molar-refractivity contribution in [1.82, 2.24) is 0 Å². The fraction of sp³-hybridized carbons (Fsp3) is 0.533. The average molecular weight is 270 g/mol. The van der Waals surface area contributed by atoms with Gasteiger partial charge in [-0.1, -0.05) is 38.1 Å². The molecule has 0 amide bonds. The molecule has 0 spiro atoms. The lowest BCUT2D eigenvalue weighted by atomic mass is 9.95. The van der Waals surface area contributed by atoms with Crippen LogP contribution >= 0.6 is 0 Å². The third kappa shape index (κ3) is 4.62. The van der Waals surface area contributed by atoms with Crippen LogP contribution in [0.5, 0.6) is 0 Å². The van der Waals surface area contributed by atoms with Crippen LogP contribution in [0.25, 0.3) is 0 Å². The van der Waals surface area contributed by atoms with Gasteiger partial charge in [0, 0.05) is 18.4 Å². The Morgan fingerprint density at radius 3 is 2.37 bits per heavy atom. The summed E-state index contributed by atoms with van der Waals surface area (Å²) in [7, 11) is 0. The highest BCUT2D eigenvalue weighted by Gasteiger charge is 2.30. The molecule has 0 bridgehead atoms. The Morgan fingerprint density at radius 2 is 1.89 bits per heavy atom. The third-order valence-electron chi connectivity index (χ3n) is 3.40. The number of alkyl halides is 2. The van der Waals surface area contributed by atoms with E-state index in [2.05, 4.69) is 13.8 Å². The molecule has 1 unspecified atom stereocenters. The lowest BCUT2D eigenvalue weighted by molar-refractivity contribution is -0.137. The fourth-order valence-electron chi connectivity index (χ4n) is 1.90. The molecule has 4 heteroatoms. The summed E-state index contributed by atoms with van der Waals surface area (Å²) in [6.07, 6.45) is 0.298. The summed E-state index contributed by atoms with van der Waals surface area (Å²) in [6, 6.07) is 6.35. The quantitative estimate of drug-likeness (QED) is 0.789. The van der Waals surface area contributed by atoms with Gasteiger partial charge >= 0.3 is 5.97 Å². The van der Waals surface area contributed by atoms with Crippen LogP contribution in [-0.2, 0) is 10.7 Å². The maximum absolute atomic E-state index is 13.8. The lowest BCUT2D eigenvalue weighted by Crippen LogP contribution is -2.14. The van der Waals surface area contributed by atoms with E-state index in [1.54, 1.807) is 12.1 Å². The minimum atomic E-state index is -2.95. The van der Waals surface area contributed by atoms with Crippen molar-refractivity contribution in [3.63, 3.8) is 0 Å². The first-order chi connectivity index (χ1) is 8.86. The smallest absolute Gasteiger partial charge is 0.303 e. The molecule has 1 aromatic carbocycles. The molecule has 0 aromatic heterocycles. The SMILES string of the molecule is CCC(C)c1ccc(C(F)(F)CCCC(=O)O)cc1. The van der Waals surface area contributed by atoms with Crippen molar-refractivity contribution in [2.24, 2.45) is 0 Å². The third-order valence-corrected chi connectivity index (χ3v) is 3.40. The van der Waals surface area contributed by atoms with Crippen molar-refractivity contribution < 1.29 is 18.7 Å². The molecule has 0 saturated heterocycles. The second-order valence-electron chi connectivity index (χ2n) is 4.88. The Kier molecular flexibility index (Phi) is 5.45. The van der Waals surface area contributed by atoms with Crippen LogP contribution in [0, 0.1) is 0 Å². The summed E-state index contributed by atoms with van der Waals surface area (Å²) in [5.74, 6) is -3.64. The summed E-state index contributed by atoms with van der Waals surface area (Å²) >= 11 is 0. The average Bonchev–Trinajstić information content (AvgIpc) is 2.37. The highest BCUT2D eigenvalue weighted by Crippen LogP contribution is 2.34. The zero-order valence-corrected chi connectivity index (χ0v) is 11.3. The van der Waals surface area contributed by atoms with Gasteiger partial charge in [0.2, 0.25) is 0 Å². The van der Waals surface area contributed by atoms with Crippen molar-refractivity contribution in [1.29, 1.82) is 0 Å². The van der Waals surface area contributed by atoms with Crippen LogP contribution < -0.4 is 0 Å². The van der Waals surface area contributed by atoms with E-state index >= 15 is 0 Å². The highest BCUT2D eigenvalue weighted by molar-refractivity contribution is 5.66. The number of halogens is 2. The molecule has 0 fully saturated rings. The molecule has 1 rings (SSSR count). The number of rotatable bonds is 7. The second kappa shape index (κ2) is 6.64. The lowest BCUT2D eigenvalue weighted by Gasteiger charge is -2.17. The van der Waals surface area contributed by atoms with E-state index in [1.165, 1.54) is 12.1 Å². The predicted molar refractivity (Wildman–Crippen MR) is 70.5 cm³/mol. The Labute approximate surface area is 112 Å². The minimum absolute atomic E-state index is 0.0184. The second-order valence-corrected chi connectivity index (χ2v) is 4.88. The van der Waals surface area contributed by atoms with E-state index in [0.717, 1.165) is 12.0 Å². The van der Waals surface area contributed by atoms with Crippen LogP contribution in [0.1, 0.15) is 56.6 Å². The first-order valence-corrected chi connectivity index (χ1v) is 6.57. The summed E-state index contributed by atoms with van der Waals surface area (Å²) in [6.45, 7) is 4.11. The zero-order chi connectivity index (χ0) is 14.5. The van der Waals surface area contributed by atoms with Gasteiger partial charge in [-0.25, -0.2) is 8.78 Å². The van der Waals surface area contributed by atoms with Crippen molar-refractivity contribution >= 4 is 5.97 Å². The molecule has 0 radical (unpaired) electrons. The maximum Gasteiger partial charge on any atom is 0.303 e. The molecular formula is C15H20F2O2. The van der Waals surface area contributed by atoms with Gasteiger partial charge in [0.25, 0.3) is 5.92 Å². The normalized spacial score (nSPS) is 13.3. The van der Waals surface area contributed by atoms with Crippen LogP contribution in [0.3, 0.4) is 0 Å². The number of hydrogen-bond donors (Lipinski definition) is 1. The molecule has 0 saturated carbocycles. The molecule has 0 aliphatic rings. The van der Waals surface area contributed by atoms with Gasteiger partial charge in [0.05, 0.1) is 0 Å². The first kappa shape index (κ1) is 15.6. The van der Waals surface area contributed by atoms with E-state index in [9.17, 15) is 13.6 Å². The summed E-state index contributed by atoms with van der Waals surface area (Å²) in [5, 5.41) is 8.46. The van der Waals surface area contributed by atoms with Crippen molar-refractivity contribution in [3.05, 3.63) is 35.4 Å². The Morgan fingerprint density at radius 1 is 1.32 bits per heavy atom. The number of benzene rings is 1. The molecule has 1 atom stereocenters. The van der Waals surface area contributed by atoms with Gasteiger partial charge in [-0.15, -0.1) is 0 Å². The van der Waals surface area contributed by atoms with Crippen LogP contribution in [0.2, 0.25) is 0 Å². The van der Waals surface area contributed by atoms with Crippen molar-refractivity contribution in [2.75, 3.05) is 0 Å². The van der Waals surface area contributed by atoms with Gasteiger partial charge < -0.3 is 5.11 Å². The number of aliphatic carboxylic acids is 1. The molecule has 0 aliphatic carbocycles. The molecular weight excluding hydrogens is 250 g/mol. The number of carboxylic acid groups (broad SMARTS) is 1. The van der Waals surface area contributed by atoms with Gasteiger partial charge in [-0.05, 0) is 24.3 Å². The predicted octanol–water partition coefficient (Wildman–Crippen LogP) is 4.55. The highest BCUT2D eigenvalue weighted by atomic mass is 19.3. The van der Waals surface area contributed by atoms with E-state index in [4.69, 9.17) is 5.11 Å². The van der Waals surface area contributed by atoms with Crippen molar-refractivity contribution in [3.8, 4) is 0 Å². The van der Waals surface area contributed by atoms with E-state index in [0.29, 0.717) is 5.92 Å². The fourth-order valence-corrected chi connectivity index (χ4v) is 1.90. The topological polar surface area (TPSA) is 37.3 Å². The van der Waals surface area contributed by atoms with Gasteiger partial charge in [0.15, 0.2) is 0 Å². The van der Waals surface area contributed by atoms with E-state index in [1.807, 2.05) is 0 Å². The van der Waals surface area contributed by atoms with Crippen LogP contribution in [0.4, 0.5) is 8.78 Å². The monoisotopic (exact) mass is 270 g/mol. The Hall–Kier alpha value is -1.45. The van der Waals surface area contributed by atoms with Crippen LogP contribution in [0.15, 0.2) is 24.3 Å². The summed E-state index contributed by atoms with van der Waals surface area (Å²) < 4.78 is 27.7. The zero-order valence-electron chi connectivity index (χ0n) is 11.3. The molecule has 106 valence electrons. The molecule has 0 heterocycles. The number of carboxylic acids is 1. The Bertz CT molecular complexity index is 413. The van der Waals surface area contributed by atoms with Crippen molar-refractivity contribution in [2.45, 2.75) is 51.4 Å². The molecule has 1 aromatic rings. The molecule has 2 nitrogen and oxygen atoms in total. The molecule has 1 N–H and O–H groups in total. The maximum atomic E-state index is 13.8. The summed E-state index contributed by atoms with van der Waals surface area (Å²) in [5.41, 5.74) is 1.01. The Balaban J connectivity index is 2.70. The summed E-state index contributed by atoms with van der Waals surface area (Å²) in [4.78, 5) is 10.3. The van der Waals surface area contributed by atoms with Gasteiger partial charge in [-0.2, -0.15) is 0 Å². The largest absolute Gasteiger partial charge is 0.481 e. The van der Waals surface area contributed by atoms with Gasteiger partial charge in [0.1, 0.15) is 0 Å². The standard InChI is InChI=1S/C15H20F2O2/c1-3-11(2)12-6-8-13(9-7-12)15(16,17)10-4-5-14(18)19/h6-9,11H,3-5,10H2,1-2H3,(H,18,19). The van der Waals surface area contributed by atoms with E-state index in [-0.39, 0.29) is 18.4 Å². The number of carbonyl (C=O) groups is 1. The van der Waals surface area contributed by atoms with E-state index < -0.39 is 18.3 Å². The minimum Gasteiger partial charge on any atom is -0.481 e.